The van der Waals surface area contributed by atoms with E-state index in [1.54, 1.807) is 18.4 Å². The van der Waals surface area contributed by atoms with Gasteiger partial charge in [-0.3, -0.25) is 0 Å². The Balaban J connectivity index is 1.46. The minimum atomic E-state index is -3.74. The van der Waals surface area contributed by atoms with Crippen molar-refractivity contribution >= 4 is 21.8 Å². The van der Waals surface area contributed by atoms with Crippen LogP contribution in [0.1, 0.15) is 23.8 Å². The van der Waals surface area contributed by atoms with Gasteiger partial charge in [-0.1, -0.05) is 84.6 Å². The van der Waals surface area contributed by atoms with Crippen molar-refractivity contribution in [2.45, 2.75) is 23.9 Å². The number of benzene rings is 3. The number of sulfonamides is 1. The molecular weight excluding hydrogens is 488 g/mol. The molecule has 5 rings (SSSR count). The van der Waals surface area contributed by atoms with Crippen molar-refractivity contribution < 1.29 is 16.7 Å². The topological polar surface area (TPSA) is 59.3 Å². The first-order valence-electron chi connectivity index (χ1n) is 12.0. The third-order valence-electron chi connectivity index (χ3n) is 6.58. The number of hydrogen-bond acceptors (Lipinski definition) is 5. The lowest BCUT2D eigenvalue weighted by Crippen LogP contribution is -2.49. The molecule has 2 atom stereocenters. The molecule has 4 aromatic rings. The molecule has 0 radical (unpaired) electrons. The summed E-state index contributed by atoms with van der Waals surface area (Å²) in [4.78, 5) is 0.332. The van der Waals surface area contributed by atoms with Crippen LogP contribution in [0.2, 0.25) is 0 Å². The van der Waals surface area contributed by atoms with Gasteiger partial charge in [0.05, 0.1) is 12.8 Å². The summed E-state index contributed by atoms with van der Waals surface area (Å²) in [6.45, 7) is 1.26. The van der Waals surface area contributed by atoms with Gasteiger partial charge in [0.25, 0.3) is 0 Å². The Morgan fingerprint density at radius 2 is 1.56 bits per heavy atom. The van der Waals surface area contributed by atoms with E-state index in [-0.39, 0.29) is 9.93 Å². The van der Waals surface area contributed by atoms with E-state index in [1.165, 1.54) is 11.8 Å². The number of furan rings is 1. The van der Waals surface area contributed by atoms with Crippen LogP contribution in [0.4, 0.5) is 0 Å². The molecule has 1 aliphatic rings. The fourth-order valence-corrected chi connectivity index (χ4v) is 8.04. The van der Waals surface area contributed by atoms with Gasteiger partial charge in [-0.2, -0.15) is 12.3 Å². The molecule has 0 spiro atoms. The highest BCUT2D eigenvalue weighted by molar-refractivity contribution is 8.02. The third kappa shape index (κ3) is 4.92. The molecule has 1 aromatic heterocycles. The van der Waals surface area contributed by atoms with Crippen LogP contribution in [0.3, 0.4) is 0 Å². The molecule has 3 aromatic carbocycles. The van der Waals surface area contributed by atoms with Crippen molar-refractivity contribution in [3.05, 3.63) is 126 Å². The maximum absolute atomic E-state index is 14.3. The lowest BCUT2D eigenvalue weighted by Gasteiger charge is -2.37. The maximum Gasteiger partial charge on any atom is 0.332 e. The molecule has 184 valence electrons. The second-order valence-corrected chi connectivity index (χ2v) is 11.7. The number of nitrogens with zero attached hydrogens (tertiary/aromatic N) is 1. The Morgan fingerprint density at radius 1 is 0.861 bits per heavy atom. The van der Waals surface area contributed by atoms with Crippen LogP contribution >= 0.6 is 11.8 Å². The van der Waals surface area contributed by atoms with Crippen molar-refractivity contribution in [3.63, 3.8) is 0 Å². The van der Waals surface area contributed by atoms with Crippen molar-refractivity contribution in [2.24, 2.45) is 0 Å². The van der Waals surface area contributed by atoms with Crippen LogP contribution < -0.4 is 5.32 Å². The first kappa shape index (κ1) is 24.6. The number of thioether (sulfide) groups is 1. The van der Waals surface area contributed by atoms with Gasteiger partial charge in [-0.05, 0) is 35.4 Å². The quantitative estimate of drug-likeness (QED) is 0.191. The van der Waals surface area contributed by atoms with Crippen molar-refractivity contribution in [1.29, 1.82) is 0 Å². The lowest BCUT2D eigenvalue weighted by molar-refractivity contribution is -0.771. The minimum absolute atomic E-state index is 0.144. The summed E-state index contributed by atoms with van der Waals surface area (Å²) in [6, 6.07) is 30.8. The molecule has 0 amide bonds. The molecule has 2 unspecified atom stereocenters. The average Bonchev–Trinajstić information content (AvgIpc) is 3.63. The maximum atomic E-state index is 14.3. The minimum Gasteiger partial charge on any atom is -0.468 e. The van der Waals surface area contributed by atoms with E-state index in [9.17, 15) is 8.42 Å². The molecule has 0 bridgehead atoms. The van der Waals surface area contributed by atoms with Gasteiger partial charge in [0.2, 0.25) is 0 Å². The highest BCUT2D eigenvalue weighted by atomic mass is 32.2. The van der Waals surface area contributed by atoms with Gasteiger partial charge in [0.1, 0.15) is 28.8 Å². The third-order valence-corrected chi connectivity index (χ3v) is 9.90. The summed E-state index contributed by atoms with van der Waals surface area (Å²) in [6.07, 6.45) is 4.16. The van der Waals surface area contributed by atoms with Crippen LogP contribution in [0.25, 0.3) is 11.1 Å². The summed E-state index contributed by atoms with van der Waals surface area (Å²) in [5, 5.41) is 5.33. The van der Waals surface area contributed by atoms with E-state index < -0.39 is 10.0 Å². The van der Waals surface area contributed by atoms with Gasteiger partial charge in [0.15, 0.2) is 0 Å². The summed E-state index contributed by atoms with van der Waals surface area (Å²) in [5.41, 5.74) is 3.06. The Kier molecular flexibility index (Phi) is 7.43. The van der Waals surface area contributed by atoms with E-state index in [2.05, 4.69) is 5.32 Å². The molecule has 0 saturated heterocycles. The molecule has 0 saturated carbocycles. The Hall–Kier alpha value is -3.10. The predicted octanol–water partition coefficient (Wildman–Crippen LogP) is 6.55. The number of nitrogens with one attached hydrogen (secondary N) is 1. The Bertz CT molecular complexity index is 1390. The van der Waals surface area contributed by atoms with Crippen molar-refractivity contribution in [3.8, 4) is 11.1 Å². The second kappa shape index (κ2) is 10.9. The highest BCUT2D eigenvalue weighted by Crippen LogP contribution is 2.44. The molecule has 1 N–H and O–H groups in total. The van der Waals surface area contributed by atoms with Gasteiger partial charge in [0, 0.05) is 23.9 Å². The van der Waals surface area contributed by atoms with Crippen molar-refractivity contribution in [1.82, 2.24) is 5.32 Å². The van der Waals surface area contributed by atoms with E-state index in [4.69, 9.17) is 4.42 Å². The average molecular weight is 518 g/mol. The second-order valence-electron chi connectivity index (χ2n) is 8.77. The molecule has 2 heterocycles. The van der Waals surface area contributed by atoms with E-state index >= 15 is 0 Å². The van der Waals surface area contributed by atoms with Gasteiger partial charge in [-0.25, -0.2) is 0 Å². The summed E-state index contributed by atoms with van der Waals surface area (Å²) < 4.78 is 33.9. The van der Waals surface area contributed by atoms with Crippen LogP contribution in [0.15, 0.2) is 124 Å². The van der Waals surface area contributed by atoms with E-state index in [1.807, 2.05) is 96.5 Å². The van der Waals surface area contributed by atoms with Crippen LogP contribution in [0, 0.1) is 0 Å². The zero-order chi connectivity index (χ0) is 24.8. The summed E-state index contributed by atoms with van der Waals surface area (Å²) >= 11 is 1.54. The zero-order valence-electron chi connectivity index (χ0n) is 19.9. The largest absolute Gasteiger partial charge is 0.468 e. The number of hydrogen-bond donors (Lipinski definition) is 1. The number of rotatable bonds is 10. The van der Waals surface area contributed by atoms with E-state index in [0.29, 0.717) is 30.3 Å². The van der Waals surface area contributed by atoms with Gasteiger partial charge >= 0.3 is 10.0 Å². The van der Waals surface area contributed by atoms with Crippen LogP contribution in [0.5, 0.6) is 0 Å². The van der Waals surface area contributed by atoms with Gasteiger partial charge < -0.3 is 9.73 Å². The summed E-state index contributed by atoms with van der Waals surface area (Å²) in [7, 11) is -3.74. The SMILES string of the molecule is O=S(=O)(c1ccc(-c2ccccc2)cc1)[N+]1(C(CCNCc2ccco2)c2ccccc2)C=CSC1. The lowest BCUT2D eigenvalue weighted by atomic mass is 10.0. The summed E-state index contributed by atoms with van der Waals surface area (Å²) in [5.74, 6) is 1.29. The standard InChI is InChI=1S/C29H29N2O3S2/c32-36(33,28-15-13-25(14-16-28)24-8-3-1-4-9-24)31(19-21-35-23-31)29(26-10-5-2-6-11-26)17-18-30-22-27-12-7-20-34-27/h1-16,19-21,29-30H,17-18,22-23H2/q+1. The molecule has 36 heavy (non-hydrogen) atoms. The van der Waals surface area contributed by atoms with Crippen molar-refractivity contribution in [2.75, 3.05) is 12.4 Å². The highest BCUT2D eigenvalue weighted by Gasteiger charge is 2.50. The molecule has 0 aliphatic carbocycles. The van der Waals surface area contributed by atoms with Gasteiger partial charge in [-0.15, -0.1) is 0 Å². The smallest absolute Gasteiger partial charge is 0.332 e. The normalized spacial score (nSPS) is 18.3. The Morgan fingerprint density at radius 3 is 2.19 bits per heavy atom. The molecule has 0 fully saturated rings. The predicted molar refractivity (Wildman–Crippen MR) is 145 cm³/mol. The van der Waals surface area contributed by atoms with E-state index in [0.717, 1.165) is 22.5 Å². The molecular formula is C29H29N2O3S2+. The first-order chi connectivity index (χ1) is 17.6. The first-order valence-corrected chi connectivity index (χ1v) is 14.4. The number of quaternary nitrogens is 1. The zero-order valence-corrected chi connectivity index (χ0v) is 21.5. The van der Waals surface area contributed by atoms with Crippen LogP contribution in [-0.2, 0) is 16.6 Å². The van der Waals surface area contributed by atoms with Crippen LogP contribution in [-0.4, -0.2) is 24.7 Å². The monoisotopic (exact) mass is 517 g/mol. The fraction of sp³-hybridized carbons (Fsp3) is 0.172. The fourth-order valence-electron chi connectivity index (χ4n) is 4.68. The Labute approximate surface area is 217 Å². The molecule has 7 heteroatoms. The molecule has 1 aliphatic heterocycles. The molecule has 5 nitrogen and oxygen atoms in total.